The largest absolute Gasteiger partial charge is 0.497 e. The molecular formula is C23H33N3O5. The number of nitrogens with zero attached hydrogens (tertiary/aromatic N) is 3. The zero-order valence-corrected chi connectivity index (χ0v) is 18.9. The van der Waals surface area contributed by atoms with Gasteiger partial charge in [-0.25, -0.2) is 0 Å². The highest BCUT2D eigenvalue weighted by atomic mass is 16.5. The fourth-order valence-electron chi connectivity index (χ4n) is 4.44. The lowest BCUT2D eigenvalue weighted by Gasteiger charge is -2.35. The molecule has 3 amide bonds. The number of carbonyl (C=O) groups is 3. The minimum atomic E-state index is -1.21. The molecule has 170 valence electrons. The van der Waals surface area contributed by atoms with Crippen LogP contribution in [0.1, 0.15) is 31.2 Å². The third kappa shape index (κ3) is 4.91. The van der Waals surface area contributed by atoms with E-state index in [0.717, 1.165) is 12.8 Å². The van der Waals surface area contributed by atoms with Crippen molar-refractivity contribution in [3.05, 3.63) is 29.8 Å². The van der Waals surface area contributed by atoms with Crippen molar-refractivity contribution in [2.45, 2.75) is 37.2 Å². The van der Waals surface area contributed by atoms with Crippen LogP contribution in [0.15, 0.2) is 24.3 Å². The Kier molecular flexibility index (Phi) is 7.33. The lowest BCUT2D eigenvalue weighted by atomic mass is 9.75. The number of hydrogen-bond donors (Lipinski definition) is 0. The fourth-order valence-corrected chi connectivity index (χ4v) is 4.44. The molecule has 0 aromatic heterocycles. The van der Waals surface area contributed by atoms with Gasteiger partial charge in [-0.1, -0.05) is 12.1 Å². The molecule has 3 rings (SSSR count). The van der Waals surface area contributed by atoms with E-state index in [0.29, 0.717) is 37.5 Å². The highest BCUT2D eigenvalue weighted by molar-refractivity contribution is 6.10. The first kappa shape index (κ1) is 23.2. The summed E-state index contributed by atoms with van der Waals surface area (Å²) in [4.78, 5) is 44.9. The van der Waals surface area contributed by atoms with Crippen LogP contribution in [0.3, 0.4) is 0 Å². The number of methoxy groups -OCH3 is 2. The first-order valence-corrected chi connectivity index (χ1v) is 10.8. The van der Waals surface area contributed by atoms with Gasteiger partial charge < -0.3 is 19.3 Å². The zero-order chi connectivity index (χ0) is 22.6. The molecule has 0 saturated carbocycles. The van der Waals surface area contributed by atoms with Crippen molar-refractivity contribution in [2.75, 3.05) is 54.5 Å². The Morgan fingerprint density at radius 1 is 1.26 bits per heavy atom. The molecule has 2 fully saturated rings. The standard InChI is InChI=1S/C23H33N3O5/c1-24(2)11-12-26-21(28)15-23(22(26)29,17-7-5-8-18(13-17)30-3)14-20(27)25-10-6-9-19(16-25)31-4/h5,7-8,13,19H,6,9-12,14-16H2,1-4H3/t19-,23+/m0/s1. The van der Waals surface area contributed by atoms with Crippen LogP contribution in [0.5, 0.6) is 5.75 Å². The van der Waals surface area contributed by atoms with Gasteiger partial charge in [0.15, 0.2) is 0 Å². The molecule has 2 heterocycles. The second-order valence-electron chi connectivity index (χ2n) is 8.66. The monoisotopic (exact) mass is 431 g/mol. The summed E-state index contributed by atoms with van der Waals surface area (Å²) >= 11 is 0. The number of imide groups is 1. The number of ether oxygens (including phenoxy) is 2. The molecule has 0 N–H and O–H groups in total. The van der Waals surface area contributed by atoms with Crippen LogP contribution in [0.25, 0.3) is 0 Å². The predicted molar refractivity (Wildman–Crippen MR) is 116 cm³/mol. The molecule has 1 aromatic carbocycles. The Morgan fingerprint density at radius 3 is 2.71 bits per heavy atom. The van der Waals surface area contributed by atoms with Gasteiger partial charge in [0.25, 0.3) is 0 Å². The maximum Gasteiger partial charge on any atom is 0.240 e. The minimum Gasteiger partial charge on any atom is -0.497 e. The third-order valence-corrected chi connectivity index (χ3v) is 6.32. The third-order valence-electron chi connectivity index (χ3n) is 6.32. The van der Waals surface area contributed by atoms with E-state index in [1.165, 1.54) is 4.90 Å². The first-order valence-electron chi connectivity index (χ1n) is 10.8. The Bertz CT molecular complexity index is 827. The molecular weight excluding hydrogens is 398 g/mol. The van der Waals surface area contributed by atoms with Gasteiger partial charge in [-0.15, -0.1) is 0 Å². The molecule has 0 bridgehead atoms. The number of likely N-dealkylation sites (N-methyl/N-ethyl adjacent to an activating group) is 1. The van der Waals surface area contributed by atoms with E-state index in [-0.39, 0.29) is 36.7 Å². The van der Waals surface area contributed by atoms with Crippen LogP contribution >= 0.6 is 0 Å². The second-order valence-corrected chi connectivity index (χ2v) is 8.66. The van der Waals surface area contributed by atoms with Gasteiger partial charge >= 0.3 is 0 Å². The predicted octanol–water partition coefficient (Wildman–Crippen LogP) is 1.28. The molecule has 0 spiro atoms. The highest BCUT2D eigenvalue weighted by Crippen LogP contribution is 2.41. The van der Waals surface area contributed by atoms with Gasteiger partial charge in [-0.2, -0.15) is 0 Å². The average Bonchev–Trinajstić information content (AvgIpc) is 3.02. The van der Waals surface area contributed by atoms with Crippen LogP contribution in [0.4, 0.5) is 0 Å². The van der Waals surface area contributed by atoms with Crippen molar-refractivity contribution in [3.63, 3.8) is 0 Å². The summed E-state index contributed by atoms with van der Waals surface area (Å²) in [5.74, 6) is -0.0777. The average molecular weight is 432 g/mol. The van der Waals surface area contributed by atoms with E-state index >= 15 is 0 Å². The van der Waals surface area contributed by atoms with Gasteiger partial charge in [0.2, 0.25) is 17.7 Å². The van der Waals surface area contributed by atoms with Crippen LogP contribution < -0.4 is 4.74 Å². The first-order chi connectivity index (χ1) is 14.8. The van der Waals surface area contributed by atoms with E-state index in [1.54, 1.807) is 37.3 Å². The smallest absolute Gasteiger partial charge is 0.240 e. The summed E-state index contributed by atoms with van der Waals surface area (Å²) in [6.45, 7) is 2.02. The van der Waals surface area contributed by atoms with E-state index in [1.807, 2.05) is 25.1 Å². The molecule has 8 nitrogen and oxygen atoms in total. The number of likely N-dealkylation sites (tertiary alicyclic amines) is 2. The van der Waals surface area contributed by atoms with E-state index in [4.69, 9.17) is 9.47 Å². The number of carbonyl (C=O) groups excluding carboxylic acids is 3. The van der Waals surface area contributed by atoms with Crippen molar-refractivity contribution >= 4 is 17.7 Å². The van der Waals surface area contributed by atoms with Gasteiger partial charge in [0.05, 0.1) is 18.6 Å². The number of rotatable bonds is 8. The van der Waals surface area contributed by atoms with Crippen LogP contribution in [0, 0.1) is 0 Å². The molecule has 2 saturated heterocycles. The van der Waals surface area contributed by atoms with E-state index in [2.05, 4.69) is 0 Å². The summed E-state index contributed by atoms with van der Waals surface area (Å²) < 4.78 is 10.8. The van der Waals surface area contributed by atoms with Crippen molar-refractivity contribution in [1.82, 2.24) is 14.7 Å². The number of hydrogen-bond acceptors (Lipinski definition) is 6. The normalized spacial score (nSPS) is 24.2. The molecule has 8 heteroatoms. The molecule has 2 atom stereocenters. The van der Waals surface area contributed by atoms with Crippen LogP contribution in [-0.2, 0) is 24.5 Å². The molecule has 0 unspecified atom stereocenters. The van der Waals surface area contributed by atoms with Crippen molar-refractivity contribution in [3.8, 4) is 5.75 Å². The van der Waals surface area contributed by atoms with Crippen molar-refractivity contribution in [1.29, 1.82) is 0 Å². The van der Waals surface area contributed by atoms with Gasteiger partial charge in [-0.05, 0) is 44.6 Å². The van der Waals surface area contributed by atoms with Gasteiger partial charge in [0, 0.05) is 46.1 Å². The summed E-state index contributed by atoms with van der Waals surface area (Å²) in [5.41, 5.74) is -0.569. The Labute approximate surface area is 184 Å². The Hall–Kier alpha value is -2.45. The van der Waals surface area contributed by atoms with E-state index in [9.17, 15) is 14.4 Å². The molecule has 31 heavy (non-hydrogen) atoms. The molecule has 0 radical (unpaired) electrons. The van der Waals surface area contributed by atoms with E-state index < -0.39 is 5.41 Å². The van der Waals surface area contributed by atoms with Crippen LogP contribution in [0.2, 0.25) is 0 Å². The molecule has 0 aliphatic carbocycles. The SMILES string of the molecule is COc1cccc([C@@]2(CC(=O)N3CCC[C@H](OC)C3)CC(=O)N(CCN(C)C)C2=O)c1. The molecule has 2 aliphatic heterocycles. The zero-order valence-electron chi connectivity index (χ0n) is 18.9. The van der Waals surface area contributed by atoms with Crippen LogP contribution in [-0.4, -0.2) is 93.0 Å². The number of amides is 3. The molecule has 2 aliphatic rings. The second kappa shape index (κ2) is 9.78. The number of piperidine rings is 1. The fraction of sp³-hybridized carbons (Fsp3) is 0.609. The topological polar surface area (TPSA) is 79.4 Å². The van der Waals surface area contributed by atoms with Crippen molar-refractivity contribution in [2.24, 2.45) is 0 Å². The lowest BCUT2D eigenvalue weighted by Crippen LogP contribution is -2.48. The highest BCUT2D eigenvalue weighted by Gasteiger charge is 2.54. The maximum absolute atomic E-state index is 13.6. The Morgan fingerprint density at radius 2 is 2.03 bits per heavy atom. The van der Waals surface area contributed by atoms with Crippen molar-refractivity contribution < 1.29 is 23.9 Å². The lowest BCUT2D eigenvalue weighted by molar-refractivity contribution is -0.143. The summed E-state index contributed by atoms with van der Waals surface area (Å²) in [6, 6.07) is 7.16. The summed E-state index contributed by atoms with van der Waals surface area (Å²) in [6.07, 6.45) is 1.72. The Balaban J connectivity index is 1.93. The quantitative estimate of drug-likeness (QED) is 0.577. The minimum absolute atomic E-state index is 0.00275. The summed E-state index contributed by atoms with van der Waals surface area (Å²) in [7, 11) is 7.00. The van der Waals surface area contributed by atoms with Gasteiger partial charge in [0.1, 0.15) is 5.75 Å². The summed E-state index contributed by atoms with van der Waals surface area (Å²) in [5, 5.41) is 0. The molecule has 1 aromatic rings. The number of benzene rings is 1. The maximum atomic E-state index is 13.6. The van der Waals surface area contributed by atoms with Gasteiger partial charge in [-0.3, -0.25) is 19.3 Å².